The first kappa shape index (κ1) is 18.4. The lowest BCUT2D eigenvalue weighted by atomic mass is 10.1. The predicted molar refractivity (Wildman–Crippen MR) is 99.2 cm³/mol. The Kier molecular flexibility index (Phi) is 5.26. The Balaban J connectivity index is 1.68. The molecule has 1 amide bonds. The normalized spacial score (nSPS) is 15.3. The van der Waals surface area contributed by atoms with Crippen LogP contribution in [0.25, 0.3) is 0 Å². The first-order valence-electron chi connectivity index (χ1n) is 8.70. The fourth-order valence-corrected chi connectivity index (χ4v) is 3.85. The molecule has 2 aromatic rings. The molecule has 0 aliphatic carbocycles. The minimum atomic E-state index is -3.35. The number of anilines is 2. The molecule has 0 spiro atoms. The van der Waals surface area contributed by atoms with E-state index in [2.05, 4.69) is 25.4 Å². The van der Waals surface area contributed by atoms with E-state index in [1.807, 2.05) is 0 Å². The topological polar surface area (TPSA) is 108 Å². The molecule has 1 aromatic carbocycles. The summed E-state index contributed by atoms with van der Waals surface area (Å²) in [6.07, 6.45) is 3.44. The standard InChI is InChI=1S/C17H23N5O3S/c1-12(2)26(24,25)14-8-6-13(7-9-14)15(23)18-16-19-17(21-20-16)22-10-4-3-5-11-22/h6-9,12H,3-5,10-11H2,1-2H3,(H2,18,19,20,21,23). The number of rotatable bonds is 5. The Morgan fingerprint density at radius 1 is 1.15 bits per heavy atom. The van der Waals surface area contributed by atoms with E-state index in [1.54, 1.807) is 13.8 Å². The number of nitrogens with one attached hydrogen (secondary N) is 2. The summed E-state index contributed by atoms with van der Waals surface area (Å²) in [4.78, 5) is 18.9. The molecule has 3 rings (SSSR count). The maximum absolute atomic E-state index is 12.3. The van der Waals surface area contributed by atoms with E-state index in [0.717, 1.165) is 25.9 Å². The fourth-order valence-electron chi connectivity index (χ4n) is 2.79. The minimum Gasteiger partial charge on any atom is -0.340 e. The van der Waals surface area contributed by atoms with Crippen LogP contribution >= 0.6 is 0 Å². The van der Waals surface area contributed by atoms with Gasteiger partial charge in [-0.25, -0.2) is 13.5 Å². The number of hydrogen-bond acceptors (Lipinski definition) is 6. The maximum atomic E-state index is 12.3. The number of nitrogens with zero attached hydrogens (tertiary/aromatic N) is 3. The zero-order valence-corrected chi connectivity index (χ0v) is 15.7. The van der Waals surface area contributed by atoms with Crippen LogP contribution in [-0.4, -0.2) is 47.8 Å². The highest BCUT2D eigenvalue weighted by Gasteiger charge is 2.20. The first-order valence-corrected chi connectivity index (χ1v) is 10.3. The highest BCUT2D eigenvalue weighted by Crippen LogP contribution is 2.18. The molecule has 140 valence electrons. The van der Waals surface area contributed by atoms with Crippen LogP contribution in [0.1, 0.15) is 43.5 Å². The number of benzene rings is 1. The van der Waals surface area contributed by atoms with Gasteiger partial charge in [0.05, 0.1) is 10.1 Å². The average Bonchev–Trinajstić information content (AvgIpc) is 3.11. The molecule has 1 fully saturated rings. The average molecular weight is 377 g/mol. The smallest absolute Gasteiger partial charge is 0.258 e. The van der Waals surface area contributed by atoms with Crippen LogP contribution in [0.5, 0.6) is 0 Å². The molecule has 1 aliphatic heterocycles. The molecule has 2 N–H and O–H groups in total. The Morgan fingerprint density at radius 2 is 1.81 bits per heavy atom. The second-order valence-corrected chi connectivity index (χ2v) is 9.11. The zero-order valence-electron chi connectivity index (χ0n) is 14.9. The Labute approximate surface area is 152 Å². The maximum Gasteiger partial charge on any atom is 0.258 e. The molecule has 8 nitrogen and oxygen atoms in total. The van der Waals surface area contributed by atoms with Crippen LogP contribution in [0.2, 0.25) is 0 Å². The highest BCUT2D eigenvalue weighted by atomic mass is 32.2. The zero-order chi connectivity index (χ0) is 18.7. The van der Waals surface area contributed by atoms with Gasteiger partial charge < -0.3 is 4.90 Å². The number of piperidine rings is 1. The fraction of sp³-hybridized carbons (Fsp3) is 0.471. The molecule has 1 aromatic heterocycles. The third-order valence-corrected chi connectivity index (χ3v) is 6.58. The van der Waals surface area contributed by atoms with E-state index in [4.69, 9.17) is 0 Å². The molecule has 0 atom stereocenters. The van der Waals surface area contributed by atoms with Gasteiger partial charge in [0.2, 0.25) is 11.9 Å². The van der Waals surface area contributed by atoms with Crippen LogP contribution in [0.15, 0.2) is 29.2 Å². The number of aromatic nitrogens is 3. The molecule has 0 radical (unpaired) electrons. The quantitative estimate of drug-likeness (QED) is 0.827. The largest absolute Gasteiger partial charge is 0.340 e. The first-order chi connectivity index (χ1) is 12.4. The molecule has 0 unspecified atom stereocenters. The van der Waals surface area contributed by atoms with Crippen LogP contribution in [-0.2, 0) is 9.84 Å². The van der Waals surface area contributed by atoms with Gasteiger partial charge in [0.15, 0.2) is 9.84 Å². The molecule has 9 heteroatoms. The van der Waals surface area contributed by atoms with Crippen molar-refractivity contribution < 1.29 is 13.2 Å². The van der Waals surface area contributed by atoms with Gasteiger partial charge in [0, 0.05) is 18.7 Å². The summed E-state index contributed by atoms with van der Waals surface area (Å²) >= 11 is 0. The van der Waals surface area contributed by atoms with Crippen molar-refractivity contribution in [2.75, 3.05) is 23.3 Å². The van der Waals surface area contributed by atoms with Crippen LogP contribution in [0, 0.1) is 0 Å². The summed E-state index contributed by atoms with van der Waals surface area (Å²) in [5.74, 6) is 0.479. The minimum absolute atomic E-state index is 0.205. The third kappa shape index (κ3) is 3.87. The van der Waals surface area contributed by atoms with Crippen molar-refractivity contribution in [1.82, 2.24) is 15.2 Å². The van der Waals surface area contributed by atoms with E-state index in [9.17, 15) is 13.2 Å². The van der Waals surface area contributed by atoms with E-state index in [-0.39, 0.29) is 16.8 Å². The summed E-state index contributed by atoms with van der Waals surface area (Å²) < 4.78 is 24.3. The lowest BCUT2D eigenvalue weighted by Gasteiger charge is -2.24. The van der Waals surface area contributed by atoms with E-state index < -0.39 is 15.1 Å². The van der Waals surface area contributed by atoms with Gasteiger partial charge in [0.25, 0.3) is 5.91 Å². The van der Waals surface area contributed by atoms with Gasteiger partial charge in [-0.15, -0.1) is 5.10 Å². The van der Waals surface area contributed by atoms with Gasteiger partial charge in [-0.05, 0) is 57.4 Å². The summed E-state index contributed by atoms with van der Waals surface area (Å²) in [5.41, 5.74) is 0.351. The number of hydrogen-bond donors (Lipinski definition) is 2. The van der Waals surface area contributed by atoms with Gasteiger partial charge in [-0.1, -0.05) is 0 Å². The molecule has 2 heterocycles. The Hall–Kier alpha value is -2.42. The van der Waals surface area contributed by atoms with E-state index in [0.29, 0.717) is 11.5 Å². The van der Waals surface area contributed by atoms with Crippen molar-refractivity contribution in [3.05, 3.63) is 29.8 Å². The highest BCUT2D eigenvalue weighted by molar-refractivity contribution is 7.92. The van der Waals surface area contributed by atoms with Crippen molar-refractivity contribution >= 4 is 27.6 Å². The molecule has 0 saturated carbocycles. The van der Waals surface area contributed by atoms with Crippen molar-refractivity contribution in [2.24, 2.45) is 0 Å². The van der Waals surface area contributed by atoms with Crippen molar-refractivity contribution in [1.29, 1.82) is 0 Å². The summed E-state index contributed by atoms with van der Waals surface area (Å²) in [5, 5.41) is 9.02. The number of aromatic amines is 1. The van der Waals surface area contributed by atoms with E-state index >= 15 is 0 Å². The summed E-state index contributed by atoms with van der Waals surface area (Å²) in [7, 11) is -3.35. The number of carbonyl (C=O) groups is 1. The van der Waals surface area contributed by atoms with Crippen LogP contribution < -0.4 is 10.2 Å². The Bertz CT molecular complexity index is 868. The molecule has 0 bridgehead atoms. The molecular formula is C17H23N5O3S. The van der Waals surface area contributed by atoms with Crippen LogP contribution in [0.3, 0.4) is 0 Å². The summed E-state index contributed by atoms with van der Waals surface area (Å²) in [6, 6.07) is 5.88. The lowest BCUT2D eigenvalue weighted by molar-refractivity contribution is 0.102. The van der Waals surface area contributed by atoms with Crippen molar-refractivity contribution in [3.63, 3.8) is 0 Å². The van der Waals surface area contributed by atoms with Gasteiger partial charge in [0.1, 0.15) is 0 Å². The summed E-state index contributed by atoms with van der Waals surface area (Å²) in [6.45, 7) is 5.08. The SMILES string of the molecule is CC(C)S(=O)(=O)c1ccc(C(=O)Nc2nc(N3CCCCC3)n[nH]2)cc1. The van der Waals surface area contributed by atoms with Gasteiger partial charge in [-0.3, -0.25) is 10.1 Å². The van der Waals surface area contributed by atoms with Crippen molar-refractivity contribution in [2.45, 2.75) is 43.3 Å². The molecule has 26 heavy (non-hydrogen) atoms. The van der Waals surface area contributed by atoms with Crippen molar-refractivity contribution in [3.8, 4) is 0 Å². The third-order valence-electron chi connectivity index (χ3n) is 4.41. The Morgan fingerprint density at radius 3 is 2.42 bits per heavy atom. The predicted octanol–water partition coefficient (Wildman–Crippen LogP) is 2.23. The monoisotopic (exact) mass is 377 g/mol. The number of carbonyl (C=O) groups excluding carboxylic acids is 1. The second-order valence-electron chi connectivity index (χ2n) is 6.60. The van der Waals surface area contributed by atoms with Gasteiger partial charge >= 0.3 is 0 Å². The molecular weight excluding hydrogens is 354 g/mol. The number of H-pyrrole nitrogens is 1. The second kappa shape index (κ2) is 7.45. The van der Waals surface area contributed by atoms with E-state index in [1.165, 1.54) is 30.7 Å². The molecule has 1 aliphatic rings. The van der Waals surface area contributed by atoms with Crippen LogP contribution in [0.4, 0.5) is 11.9 Å². The van der Waals surface area contributed by atoms with Gasteiger partial charge in [-0.2, -0.15) is 4.98 Å². The number of sulfone groups is 1. The number of amides is 1. The molecule has 1 saturated heterocycles. The lowest BCUT2D eigenvalue weighted by Crippen LogP contribution is -2.30.